The Morgan fingerprint density at radius 2 is 2.23 bits per heavy atom. The molecule has 0 fully saturated rings. The molecule has 1 aromatic rings. The van der Waals surface area contributed by atoms with E-state index < -0.39 is 5.82 Å². The van der Waals surface area contributed by atoms with Crippen molar-refractivity contribution in [3.63, 3.8) is 0 Å². The van der Waals surface area contributed by atoms with Crippen LogP contribution in [0.4, 0.5) is 10.1 Å². The van der Waals surface area contributed by atoms with Gasteiger partial charge in [-0.2, -0.15) is 4.99 Å². The largest absolute Gasteiger partial charge is 0.494 e. The Hall–Kier alpha value is -1.67. The second-order valence-electron chi connectivity index (χ2n) is 2.50. The first kappa shape index (κ1) is 9.42. The average molecular weight is 181 g/mol. The van der Waals surface area contributed by atoms with E-state index in [0.29, 0.717) is 5.56 Å². The number of hydrogen-bond donors (Lipinski definition) is 0. The number of rotatable bonds is 2. The van der Waals surface area contributed by atoms with Crippen molar-refractivity contribution in [1.82, 2.24) is 0 Å². The van der Waals surface area contributed by atoms with Gasteiger partial charge in [-0.1, -0.05) is 0 Å². The van der Waals surface area contributed by atoms with Gasteiger partial charge >= 0.3 is 0 Å². The van der Waals surface area contributed by atoms with Crippen molar-refractivity contribution in [1.29, 1.82) is 0 Å². The van der Waals surface area contributed by atoms with Crippen LogP contribution in [0, 0.1) is 12.7 Å². The van der Waals surface area contributed by atoms with Gasteiger partial charge in [0.1, 0.15) is 5.75 Å². The number of carbonyl (C=O) groups excluding carboxylic acids is 1. The van der Waals surface area contributed by atoms with E-state index in [0.717, 1.165) is 0 Å². The summed E-state index contributed by atoms with van der Waals surface area (Å²) in [7, 11) is 1.39. The summed E-state index contributed by atoms with van der Waals surface area (Å²) in [4.78, 5) is 13.2. The summed E-state index contributed by atoms with van der Waals surface area (Å²) in [5.74, 6) is -0.346. The molecule has 0 aliphatic carbocycles. The van der Waals surface area contributed by atoms with Crippen LogP contribution in [0.1, 0.15) is 5.56 Å². The number of aliphatic imine (C=N–C) groups is 1. The molecule has 0 radical (unpaired) electrons. The van der Waals surface area contributed by atoms with Crippen LogP contribution in [0.25, 0.3) is 0 Å². The molecule has 0 aliphatic rings. The standard InChI is InChI=1S/C9H8FNO2/c1-6-3-7(10)9(11-5-12)8(4-6)13-2/h3-4H,1-2H3. The molecule has 3 nitrogen and oxygen atoms in total. The highest BCUT2D eigenvalue weighted by molar-refractivity contribution is 5.59. The lowest BCUT2D eigenvalue weighted by molar-refractivity contribution is 0.412. The number of benzene rings is 1. The Kier molecular flexibility index (Phi) is 2.77. The van der Waals surface area contributed by atoms with Gasteiger partial charge in [-0.25, -0.2) is 9.18 Å². The molecule has 68 valence electrons. The Morgan fingerprint density at radius 3 is 2.77 bits per heavy atom. The van der Waals surface area contributed by atoms with Gasteiger partial charge in [-0.05, 0) is 24.6 Å². The number of hydrogen-bond acceptors (Lipinski definition) is 3. The summed E-state index contributed by atoms with van der Waals surface area (Å²) in [6.45, 7) is 1.72. The molecular formula is C9H8FNO2. The van der Waals surface area contributed by atoms with Crippen molar-refractivity contribution in [2.45, 2.75) is 6.92 Å². The number of methoxy groups -OCH3 is 1. The van der Waals surface area contributed by atoms with E-state index in [1.807, 2.05) is 0 Å². The maximum absolute atomic E-state index is 13.1. The van der Waals surface area contributed by atoms with Crippen molar-refractivity contribution in [3.05, 3.63) is 23.5 Å². The van der Waals surface area contributed by atoms with E-state index in [-0.39, 0.29) is 11.4 Å². The van der Waals surface area contributed by atoms with Crippen LogP contribution in [0.2, 0.25) is 0 Å². The van der Waals surface area contributed by atoms with Crippen LogP contribution in [-0.2, 0) is 4.79 Å². The molecule has 0 unspecified atom stereocenters. The summed E-state index contributed by atoms with van der Waals surface area (Å²) in [5, 5.41) is 0. The lowest BCUT2D eigenvalue weighted by atomic mass is 10.2. The van der Waals surface area contributed by atoms with E-state index in [1.54, 1.807) is 13.0 Å². The molecule has 0 N–H and O–H groups in total. The molecular weight excluding hydrogens is 173 g/mol. The monoisotopic (exact) mass is 181 g/mol. The Morgan fingerprint density at radius 1 is 1.54 bits per heavy atom. The van der Waals surface area contributed by atoms with Crippen molar-refractivity contribution in [2.24, 2.45) is 4.99 Å². The SMILES string of the molecule is COc1cc(C)cc(F)c1N=C=O. The molecule has 0 aromatic heterocycles. The smallest absolute Gasteiger partial charge is 0.240 e. The number of nitrogens with zero attached hydrogens (tertiary/aromatic N) is 1. The maximum atomic E-state index is 13.1. The fourth-order valence-corrected chi connectivity index (χ4v) is 1.01. The Bertz CT molecular complexity index is 370. The van der Waals surface area contributed by atoms with Gasteiger partial charge in [0.25, 0.3) is 0 Å². The zero-order valence-electron chi connectivity index (χ0n) is 7.30. The van der Waals surface area contributed by atoms with Crippen LogP contribution < -0.4 is 4.74 Å². The normalized spacial score (nSPS) is 9.15. The highest BCUT2D eigenvalue weighted by atomic mass is 19.1. The van der Waals surface area contributed by atoms with Crippen LogP contribution in [0.15, 0.2) is 17.1 Å². The molecule has 0 spiro atoms. The van der Waals surface area contributed by atoms with Crippen molar-refractivity contribution in [3.8, 4) is 5.75 Å². The molecule has 1 aromatic carbocycles. The maximum Gasteiger partial charge on any atom is 0.240 e. The minimum atomic E-state index is -0.583. The fourth-order valence-electron chi connectivity index (χ4n) is 1.01. The molecule has 0 aliphatic heterocycles. The Labute approximate surface area is 74.9 Å². The minimum Gasteiger partial charge on any atom is -0.494 e. The molecule has 4 heteroatoms. The van der Waals surface area contributed by atoms with E-state index in [2.05, 4.69) is 4.99 Å². The second kappa shape index (κ2) is 3.83. The third-order valence-corrected chi connectivity index (χ3v) is 1.55. The molecule has 0 saturated carbocycles. The molecule has 1 rings (SSSR count). The first-order valence-corrected chi connectivity index (χ1v) is 3.61. The third-order valence-electron chi connectivity index (χ3n) is 1.55. The topological polar surface area (TPSA) is 38.7 Å². The van der Waals surface area contributed by atoms with Gasteiger partial charge in [0.15, 0.2) is 11.5 Å². The number of aryl methyl sites for hydroxylation is 1. The quantitative estimate of drug-likeness (QED) is 0.517. The molecule has 0 heterocycles. The third kappa shape index (κ3) is 1.92. The van der Waals surface area contributed by atoms with Crippen LogP contribution >= 0.6 is 0 Å². The number of isocyanates is 1. The average Bonchev–Trinajstić information content (AvgIpc) is 2.09. The van der Waals surface area contributed by atoms with Gasteiger partial charge < -0.3 is 4.74 Å². The lowest BCUT2D eigenvalue weighted by Crippen LogP contribution is -1.88. The summed E-state index contributed by atoms with van der Waals surface area (Å²) in [5.41, 5.74) is 0.599. The first-order valence-electron chi connectivity index (χ1n) is 3.61. The van der Waals surface area contributed by atoms with E-state index in [4.69, 9.17) is 4.74 Å². The van der Waals surface area contributed by atoms with E-state index in [9.17, 15) is 9.18 Å². The summed E-state index contributed by atoms with van der Waals surface area (Å²) >= 11 is 0. The van der Waals surface area contributed by atoms with Crippen molar-refractivity contribution >= 4 is 11.8 Å². The highest BCUT2D eigenvalue weighted by Gasteiger charge is 2.08. The Balaban J connectivity index is 3.37. The molecule has 0 bridgehead atoms. The number of ether oxygens (including phenoxy) is 1. The van der Waals surface area contributed by atoms with E-state index >= 15 is 0 Å². The van der Waals surface area contributed by atoms with Crippen molar-refractivity contribution in [2.75, 3.05) is 7.11 Å². The molecule has 13 heavy (non-hydrogen) atoms. The van der Waals surface area contributed by atoms with Crippen LogP contribution in [0.5, 0.6) is 5.75 Å². The minimum absolute atomic E-state index is 0.108. The zero-order chi connectivity index (χ0) is 9.84. The van der Waals surface area contributed by atoms with Gasteiger partial charge in [0.05, 0.1) is 7.11 Å². The molecule has 0 atom stereocenters. The predicted molar refractivity (Wildman–Crippen MR) is 45.5 cm³/mol. The van der Waals surface area contributed by atoms with Gasteiger partial charge in [-0.3, -0.25) is 0 Å². The lowest BCUT2D eigenvalue weighted by Gasteiger charge is -2.04. The zero-order valence-corrected chi connectivity index (χ0v) is 7.30. The van der Waals surface area contributed by atoms with Crippen LogP contribution in [-0.4, -0.2) is 13.2 Å². The summed E-state index contributed by atoms with van der Waals surface area (Å²) < 4.78 is 18.0. The highest BCUT2D eigenvalue weighted by Crippen LogP contribution is 2.31. The molecule has 0 amide bonds. The second-order valence-corrected chi connectivity index (χ2v) is 2.50. The van der Waals surface area contributed by atoms with Crippen molar-refractivity contribution < 1.29 is 13.9 Å². The first-order chi connectivity index (χ1) is 6.19. The molecule has 0 saturated heterocycles. The van der Waals surface area contributed by atoms with E-state index in [1.165, 1.54) is 19.3 Å². The summed E-state index contributed by atoms with van der Waals surface area (Å²) in [6.07, 6.45) is 1.27. The predicted octanol–water partition coefficient (Wildman–Crippen LogP) is 2.11. The number of halogens is 1. The van der Waals surface area contributed by atoms with Gasteiger partial charge in [-0.15, -0.1) is 0 Å². The van der Waals surface area contributed by atoms with Gasteiger partial charge in [0.2, 0.25) is 6.08 Å². The fraction of sp³-hybridized carbons (Fsp3) is 0.222. The van der Waals surface area contributed by atoms with Crippen LogP contribution in [0.3, 0.4) is 0 Å². The summed E-state index contributed by atoms with van der Waals surface area (Å²) in [6, 6.07) is 2.87. The van der Waals surface area contributed by atoms with Gasteiger partial charge in [0, 0.05) is 0 Å².